The van der Waals surface area contributed by atoms with Crippen molar-refractivity contribution in [2.45, 2.75) is 225 Å². The number of quaternary nitrogens is 1. The van der Waals surface area contributed by atoms with Gasteiger partial charge >= 0.3 is 19.8 Å². The molecule has 472 valence electrons. The van der Waals surface area contributed by atoms with Gasteiger partial charge in [-0.15, -0.1) is 0 Å². The zero-order chi connectivity index (χ0) is 61.2. The number of phosphoric acid groups is 1. The third-order valence-electron chi connectivity index (χ3n) is 12.9. The molecule has 0 amide bonds. The molecule has 84 heavy (non-hydrogen) atoms. The van der Waals surface area contributed by atoms with Gasteiger partial charge in [0.1, 0.15) is 19.8 Å². The molecular formula is C74H119NO8P+. The van der Waals surface area contributed by atoms with Crippen LogP contribution in [0.3, 0.4) is 0 Å². The summed E-state index contributed by atoms with van der Waals surface area (Å²) in [7, 11) is 1.43. The SMILES string of the molecule is CC/C=C\C/C=C\C/C=C\C/C=C\C/C=C\C/C=C\C/C=C\C/C=C\C/C=C\C/C=C\CCCCCCCCC(=O)OC(COC(=O)CCCCCCCCC/C=C\C/C=C\C/C=C\C/C=C\C/C=C\CC)COP(=O)(O)OCC[N+](C)(C)C. The van der Waals surface area contributed by atoms with Gasteiger partial charge in [-0.25, -0.2) is 4.57 Å². The second kappa shape index (κ2) is 62.6. The van der Waals surface area contributed by atoms with Crippen molar-refractivity contribution in [3.8, 4) is 0 Å². The summed E-state index contributed by atoms with van der Waals surface area (Å²) < 4.78 is 34.6. The molecule has 0 aliphatic carbocycles. The summed E-state index contributed by atoms with van der Waals surface area (Å²) in [4.78, 5) is 35.8. The van der Waals surface area contributed by atoms with Gasteiger partial charge in [0.05, 0.1) is 27.7 Å². The predicted octanol–water partition coefficient (Wildman–Crippen LogP) is 21.1. The highest BCUT2D eigenvalue weighted by molar-refractivity contribution is 7.47. The van der Waals surface area contributed by atoms with E-state index in [1.165, 1.54) is 19.3 Å². The maximum absolute atomic E-state index is 12.9. The number of unbranched alkanes of at least 4 members (excludes halogenated alkanes) is 13. The van der Waals surface area contributed by atoms with Crippen LogP contribution < -0.4 is 0 Å². The van der Waals surface area contributed by atoms with Crippen LogP contribution in [0.25, 0.3) is 0 Å². The maximum Gasteiger partial charge on any atom is 0.472 e. The van der Waals surface area contributed by atoms with E-state index in [9.17, 15) is 19.0 Å². The molecule has 0 aromatic rings. The Morgan fingerprint density at radius 2 is 0.643 bits per heavy atom. The number of hydrogen-bond donors (Lipinski definition) is 1. The Morgan fingerprint density at radius 1 is 0.369 bits per heavy atom. The standard InChI is InChI=1S/C74H118NO8P/c1-6-8-10-12-14-16-18-20-22-24-26-28-30-31-32-33-34-35-36-37-38-39-40-41-42-43-45-47-49-51-53-55-57-59-61-63-65-67-74(77)83-72(71-82-84(78,79)81-69-68-75(3,4)5)70-80-73(76)66-64-62-60-58-56-54-52-50-48-46-44-29-27-25-23-21-19-17-15-13-11-9-7-2/h8-11,14-17,20-23,26-29,31-32,34-35,37-38,40-41,43,45-46,48-49,51,72H,6-7,12-13,18-19,24-25,30,33,36,39,42,44,47,50,52-71H2,1-5H3/p+1/b10-8-,11-9-,16-14-,17-15-,22-20-,23-21-,28-26-,29-27-,32-31-,35-34-,38-37-,41-40-,45-43-,48-46-,51-49-. The van der Waals surface area contributed by atoms with Gasteiger partial charge in [-0.3, -0.25) is 18.6 Å². The molecule has 0 spiro atoms. The fraction of sp³-hybridized carbons (Fsp3) is 0.568. The van der Waals surface area contributed by atoms with Crippen molar-refractivity contribution in [3.63, 3.8) is 0 Å². The Bertz CT molecular complexity index is 2070. The lowest BCUT2D eigenvalue weighted by Gasteiger charge is -2.24. The van der Waals surface area contributed by atoms with E-state index < -0.39 is 26.5 Å². The van der Waals surface area contributed by atoms with Gasteiger partial charge in [0.15, 0.2) is 6.10 Å². The van der Waals surface area contributed by atoms with Gasteiger partial charge in [-0.05, 0) is 135 Å². The van der Waals surface area contributed by atoms with Gasteiger partial charge in [-0.2, -0.15) is 0 Å². The molecule has 0 radical (unpaired) electrons. The minimum Gasteiger partial charge on any atom is -0.462 e. The lowest BCUT2D eigenvalue weighted by molar-refractivity contribution is -0.870. The van der Waals surface area contributed by atoms with Crippen LogP contribution in [0.4, 0.5) is 0 Å². The molecule has 0 aromatic carbocycles. The summed E-state index contributed by atoms with van der Waals surface area (Å²) in [6.45, 7) is 4.15. The Hall–Kier alpha value is -4.89. The first-order valence-electron chi connectivity index (χ1n) is 32.5. The van der Waals surface area contributed by atoms with Crippen LogP contribution in [0.15, 0.2) is 182 Å². The number of esters is 2. The number of nitrogens with zero attached hydrogens (tertiary/aromatic N) is 1. The van der Waals surface area contributed by atoms with Gasteiger partial charge in [0.25, 0.3) is 0 Å². The highest BCUT2D eigenvalue weighted by Crippen LogP contribution is 2.43. The number of carbonyl (C=O) groups is 2. The van der Waals surface area contributed by atoms with Crippen LogP contribution in [0.1, 0.15) is 219 Å². The fourth-order valence-corrected chi connectivity index (χ4v) is 8.75. The van der Waals surface area contributed by atoms with E-state index in [4.69, 9.17) is 18.5 Å². The molecule has 0 rings (SSSR count). The van der Waals surface area contributed by atoms with Crippen LogP contribution in [-0.4, -0.2) is 74.9 Å². The van der Waals surface area contributed by atoms with E-state index in [1.54, 1.807) is 0 Å². The lowest BCUT2D eigenvalue weighted by Crippen LogP contribution is -2.37. The van der Waals surface area contributed by atoms with E-state index >= 15 is 0 Å². The van der Waals surface area contributed by atoms with Crippen LogP contribution in [-0.2, 0) is 32.7 Å². The molecular weight excluding hydrogens is 1060 g/mol. The Balaban J connectivity index is 4.22. The molecule has 1 N–H and O–H groups in total. The number of ether oxygens (including phenoxy) is 2. The monoisotopic (exact) mass is 1180 g/mol. The minimum atomic E-state index is -4.41. The molecule has 2 unspecified atom stereocenters. The molecule has 0 bridgehead atoms. The normalized spacial score (nSPS) is 14.4. The van der Waals surface area contributed by atoms with Crippen LogP contribution in [0, 0.1) is 0 Å². The van der Waals surface area contributed by atoms with Crippen LogP contribution >= 0.6 is 7.82 Å². The van der Waals surface area contributed by atoms with Crippen molar-refractivity contribution in [3.05, 3.63) is 182 Å². The van der Waals surface area contributed by atoms with E-state index in [2.05, 4.69) is 196 Å². The molecule has 10 heteroatoms. The van der Waals surface area contributed by atoms with E-state index in [0.29, 0.717) is 23.9 Å². The predicted molar refractivity (Wildman–Crippen MR) is 362 cm³/mol. The molecule has 0 aliphatic heterocycles. The molecule has 9 nitrogen and oxygen atoms in total. The minimum absolute atomic E-state index is 0.0158. The van der Waals surface area contributed by atoms with Crippen LogP contribution in [0.2, 0.25) is 0 Å². The van der Waals surface area contributed by atoms with E-state index in [-0.39, 0.29) is 32.0 Å². The highest BCUT2D eigenvalue weighted by atomic mass is 31.2. The van der Waals surface area contributed by atoms with Crippen LogP contribution in [0.5, 0.6) is 0 Å². The smallest absolute Gasteiger partial charge is 0.462 e. The molecule has 0 aliphatic rings. The first kappa shape index (κ1) is 79.1. The Morgan fingerprint density at radius 3 is 0.952 bits per heavy atom. The number of hydrogen-bond acceptors (Lipinski definition) is 7. The van der Waals surface area contributed by atoms with Crippen molar-refractivity contribution in [1.82, 2.24) is 0 Å². The summed E-state index contributed by atoms with van der Waals surface area (Å²) in [5, 5.41) is 0. The second-order valence-electron chi connectivity index (χ2n) is 22.0. The number of likely N-dealkylation sites (N-methyl/N-ethyl adjacent to an activating group) is 1. The summed E-state index contributed by atoms with van der Waals surface area (Å²) in [5.41, 5.74) is 0. The van der Waals surface area contributed by atoms with Gasteiger partial charge in [0, 0.05) is 12.8 Å². The van der Waals surface area contributed by atoms with E-state index in [0.717, 1.165) is 161 Å². The average molecular weight is 1180 g/mol. The largest absolute Gasteiger partial charge is 0.472 e. The number of carbonyl (C=O) groups excluding carboxylic acids is 2. The molecule has 0 heterocycles. The molecule has 0 fully saturated rings. The topological polar surface area (TPSA) is 108 Å². The zero-order valence-corrected chi connectivity index (χ0v) is 54.4. The molecule has 0 aromatic heterocycles. The van der Waals surface area contributed by atoms with Crippen molar-refractivity contribution < 1.29 is 42.1 Å². The second-order valence-corrected chi connectivity index (χ2v) is 23.5. The average Bonchev–Trinajstić information content (AvgIpc) is 3.61. The number of phosphoric ester groups is 1. The van der Waals surface area contributed by atoms with Crippen molar-refractivity contribution >= 4 is 19.8 Å². The first-order chi connectivity index (χ1) is 41.0. The zero-order valence-electron chi connectivity index (χ0n) is 53.6. The summed E-state index contributed by atoms with van der Waals surface area (Å²) in [6, 6.07) is 0. The van der Waals surface area contributed by atoms with Gasteiger partial charge in [0.2, 0.25) is 0 Å². The third-order valence-corrected chi connectivity index (χ3v) is 13.9. The Labute approximate surface area is 514 Å². The number of allylic oxidation sites excluding steroid dienone is 30. The number of rotatable bonds is 57. The highest BCUT2D eigenvalue weighted by Gasteiger charge is 2.27. The molecule has 0 saturated heterocycles. The maximum atomic E-state index is 12.9. The third kappa shape index (κ3) is 66.3. The molecule has 2 atom stereocenters. The fourth-order valence-electron chi connectivity index (χ4n) is 8.01. The van der Waals surface area contributed by atoms with E-state index in [1.807, 2.05) is 21.1 Å². The van der Waals surface area contributed by atoms with Gasteiger partial charge in [-0.1, -0.05) is 254 Å². The Kier molecular flexibility index (Phi) is 59.0. The first-order valence-corrected chi connectivity index (χ1v) is 34.0. The van der Waals surface area contributed by atoms with Crippen molar-refractivity contribution in [1.29, 1.82) is 0 Å². The van der Waals surface area contributed by atoms with Crippen molar-refractivity contribution in [2.75, 3.05) is 47.5 Å². The lowest BCUT2D eigenvalue weighted by atomic mass is 10.1. The summed E-state index contributed by atoms with van der Waals surface area (Å²) in [5.74, 6) is -0.842. The van der Waals surface area contributed by atoms with Crippen molar-refractivity contribution in [2.24, 2.45) is 0 Å². The summed E-state index contributed by atoms with van der Waals surface area (Å²) in [6.07, 6.45) is 96.8. The quantitative estimate of drug-likeness (QED) is 0.0211. The van der Waals surface area contributed by atoms with Gasteiger partial charge < -0.3 is 18.9 Å². The molecule has 0 saturated carbocycles. The summed E-state index contributed by atoms with van der Waals surface area (Å²) >= 11 is 0.